The third-order valence-electron chi connectivity index (χ3n) is 2.00. The third-order valence-corrected chi connectivity index (χ3v) is 2.92. The van der Waals surface area contributed by atoms with Gasteiger partial charge in [-0.3, -0.25) is 0 Å². The summed E-state index contributed by atoms with van der Waals surface area (Å²) < 4.78 is 53.8. The summed E-state index contributed by atoms with van der Waals surface area (Å²) in [6.07, 6.45) is 1.62. The molecule has 0 bridgehead atoms. The average Bonchev–Trinajstić information content (AvgIpc) is 2.18. The predicted molar refractivity (Wildman–Crippen MR) is 62.7 cm³/mol. The second-order valence-electron chi connectivity index (χ2n) is 3.85. The molecule has 1 rings (SSSR count). The molecule has 0 aromatic heterocycles. The van der Waals surface area contributed by atoms with Crippen LogP contribution in [0, 0.1) is 11.6 Å². The van der Waals surface area contributed by atoms with Gasteiger partial charge in [-0.15, -0.1) is 0 Å². The van der Waals surface area contributed by atoms with Crippen LogP contribution in [0.15, 0.2) is 28.7 Å². The van der Waals surface area contributed by atoms with Crippen LogP contribution >= 0.6 is 0 Å². The van der Waals surface area contributed by atoms with Crippen molar-refractivity contribution >= 4 is 10.0 Å². The van der Waals surface area contributed by atoms with Crippen molar-refractivity contribution < 1.29 is 21.9 Å². The Bertz CT molecular complexity index is 578. The average molecular weight is 277 g/mol. The first-order valence-electron chi connectivity index (χ1n) is 5.00. The molecule has 0 aliphatic carbocycles. The Labute approximate surface area is 104 Å². The Balaban J connectivity index is 3.21. The summed E-state index contributed by atoms with van der Waals surface area (Å²) in [6.45, 7) is 3.56. The minimum atomic E-state index is -4.25. The molecule has 18 heavy (non-hydrogen) atoms. The number of nitrogens with two attached hydrogens (primary N) is 1. The van der Waals surface area contributed by atoms with E-state index in [1.165, 1.54) is 0 Å². The highest BCUT2D eigenvalue weighted by atomic mass is 32.2. The molecule has 0 spiro atoms. The molecule has 2 N–H and O–H groups in total. The van der Waals surface area contributed by atoms with Gasteiger partial charge in [-0.05, 0) is 26.0 Å². The summed E-state index contributed by atoms with van der Waals surface area (Å²) in [4.78, 5) is -0.706. The zero-order valence-corrected chi connectivity index (χ0v) is 10.7. The van der Waals surface area contributed by atoms with E-state index in [4.69, 9.17) is 9.88 Å². The lowest BCUT2D eigenvalue weighted by Gasteiger charge is -2.10. The van der Waals surface area contributed by atoms with Crippen LogP contribution in [-0.2, 0) is 10.0 Å². The third kappa shape index (κ3) is 3.78. The van der Waals surface area contributed by atoms with Gasteiger partial charge in [0.25, 0.3) is 0 Å². The Morgan fingerprint density at radius 2 is 2.00 bits per heavy atom. The van der Waals surface area contributed by atoms with Crippen molar-refractivity contribution in [3.63, 3.8) is 0 Å². The molecule has 0 fully saturated rings. The molecule has 1 aromatic rings. The van der Waals surface area contributed by atoms with Crippen LogP contribution in [0.5, 0.6) is 5.75 Å². The highest BCUT2D eigenvalue weighted by Crippen LogP contribution is 2.27. The van der Waals surface area contributed by atoms with E-state index in [2.05, 4.69) is 0 Å². The van der Waals surface area contributed by atoms with Gasteiger partial charge in [0.1, 0.15) is 17.3 Å². The molecular weight excluding hydrogens is 264 g/mol. The van der Waals surface area contributed by atoms with Crippen LogP contribution in [0.2, 0.25) is 0 Å². The highest BCUT2D eigenvalue weighted by molar-refractivity contribution is 7.89. The van der Waals surface area contributed by atoms with Gasteiger partial charge >= 0.3 is 0 Å². The number of hydrogen-bond donors (Lipinski definition) is 1. The largest absolute Gasteiger partial charge is 0.485 e. The zero-order valence-electron chi connectivity index (χ0n) is 9.91. The monoisotopic (exact) mass is 277 g/mol. The minimum absolute atomic E-state index is 0.0343. The first-order chi connectivity index (χ1) is 8.21. The number of halogens is 2. The fourth-order valence-electron chi connectivity index (χ4n) is 1.18. The lowest BCUT2D eigenvalue weighted by molar-refractivity contribution is 0.328. The van der Waals surface area contributed by atoms with Crippen molar-refractivity contribution in [1.82, 2.24) is 0 Å². The first-order valence-corrected chi connectivity index (χ1v) is 6.54. The summed E-state index contributed by atoms with van der Waals surface area (Å²) in [5, 5.41) is 4.87. The summed E-state index contributed by atoms with van der Waals surface area (Å²) in [6, 6.07) is 1.16. The minimum Gasteiger partial charge on any atom is -0.485 e. The highest BCUT2D eigenvalue weighted by Gasteiger charge is 2.21. The molecule has 0 heterocycles. The van der Waals surface area contributed by atoms with E-state index in [1.807, 2.05) is 0 Å². The molecular formula is C11H13F2NO3S. The van der Waals surface area contributed by atoms with Gasteiger partial charge in [0.15, 0.2) is 11.6 Å². The summed E-state index contributed by atoms with van der Waals surface area (Å²) in [5.41, 5.74) is 0.912. The number of ether oxygens (including phenoxy) is 1. The maximum Gasteiger partial charge on any atom is 0.241 e. The quantitative estimate of drug-likeness (QED) is 0.855. The van der Waals surface area contributed by atoms with Gasteiger partial charge in [0.2, 0.25) is 10.0 Å². The second kappa shape index (κ2) is 5.45. The van der Waals surface area contributed by atoms with Gasteiger partial charge < -0.3 is 4.74 Å². The molecule has 0 radical (unpaired) electrons. The molecule has 100 valence electrons. The Kier molecular flexibility index (Phi) is 4.42. The molecule has 0 saturated carbocycles. The van der Waals surface area contributed by atoms with Crippen molar-refractivity contribution in [2.45, 2.75) is 18.7 Å². The molecule has 0 saturated heterocycles. The number of allylic oxidation sites excluding steroid dienone is 1. The number of primary sulfonamides is 1. The van der Waals surface area contributed by atoms with Gasteiger partial charge in [0, 0.05) is 6.07 Å². The van der Waals surface area contributed by atoms with Crippen LogP contribution in [0.4, 0.5) is 8.78 Å². The maximum atomic E-state index is 13.5. The van der Waals surface area contributed by atoms with E-state index in [9.17, 15) is 17.2 Å². The Morgan fingerprint density at radius 3 is 2.50 bits per heavy atom. The number of rotatable bonds is 4. The lowest BCUT2D eigenvalue weighted by atomic mass is 10.3. The smallest absolute Gasteiger partial charge is 0.241 e. The Hall–Kier alpha value is -1.47. The predicted octanol–water partition coefficient (Wildman–Crippen LogP) is 1.96. The first kappa shape index (κ1) is 14.6. The topological polar surface area (TPSA) is 69.4 Å². The molecule has 7 heteroatoms. The summed E-state index contributed by atoms with van der Waals surface area (Å²) >= 11 is 0. The Morgan fingerprint density at radius 1 is 1.39 bits per heavy atom. The molecule has 0 aliphatic heterocycles. The zero-order chi connectivity index (χ0) is 13.9. The summed E-state index contributed by atoms with van der Waals surface area (Å²) in [7, 11) is -4.25. The van der Waals surface area contributed by atoms with E-state index >= 15 is 0 Å². The van der Waals surface area contributed by atoms with E-state index in [1.54, 1.807) is 19.9 Å². The van der Waals surface area contributed by atoms with Crippen molar-refractivity contribution in [1.29, 1.82) is 0 Å². The maximum absolute atomic E-state index is 13.5. The fourth-order valence-corrected chi connectivity index (χ4v) is 1.87. The van der Waals surface area contributed by atoms with Crippen LogP contribution in [0.1, 0.15) is 13.8 Å². The lowest BCUT2D eigenvalue weighted by Crippen LogP contribution is -2.15. The molecule has 4 nitrogen and oxygen atoms in total. The van der Waals surface area contributed by atoms with E-state index in [0.29, 0.717) is 12.1 Å². The number of benzene rings is 1. The van der Waals surface area contributed by atoms with Crippen LogP contribution in [0.25, 0.3) is 0 Å². The molecule has 0 unspecified atom stereocenters. The van der Waals surface area contributed by atoms with Crippen LogP contribution in [-0.4, -0.2) is 15.0 Å². The van der Waals surface area contributed by atoms with Crippen LogP contribution < -0.4 is 9.88 Å². The van der Waals surface area contributed by atoms with Gasteiger partial charge in [-0.25, -0.2) is 22.3 Å². The number of sulfonamides is 1. The van der Waals surface area contributed by atoms with E-state index in [0.717, 1.165) is 5.57 Å². The van der Waals surface area contributed by atoms with Crippen LogP contribution in [0.3, 0.4) is 0 Å². The van der Waals surface area contributed by atoms with Gasteiger partial charge in [-0.1, -0.05) is 5.57 Å². The van der Waals surface area contributed by atoms with E-state index in [-0.39, 0.29) is 6.61 Å². The van der Waals surface area contributed by atoms with Crippen molar-refractivity contribution in [3.8, 4) is 5.75 Å². The normalized spacial score (nSPS) is 11.2. The SMILES string of the molecule is CC(C)=CCOc1c(F)cc(F)cc1S(N)(=O)=O. The second-order valence-corrected chi connectivity index (χ2v) is 5.38. The molecule has 0 amide bonds. The summed E-state index contributed by atoms with van der Waals surface area (Å²) in [5.74, 6) is -2.72. The number of hydrogen-bond acceptors (Lipinski definition) is 3. The molecule has 1 aromatic carbocycles. The van der Waals surface area contributed by atoms with E-state index < -0.39 is 32.3 Å². The standard InChI is InChI=1S/C11H13F2NO3S/c1-7(2)3-4-17-11-9(13)5-8(12)6-10(11)18(14,15)16/h3,5-6H,4H2,1-2H3,(H2,14,15,16). The van der Waals surface area contributed by atoms with Gasteiger partial charge in [-0.2, -0.15) is 0 Å². The molecule has 0 aliphatic rings. The van der Waals surface area contributed by atoms with Crippen molar-refractivity contribution in [3.05, 3.63) is 35.4 Å². The molecule has 0 atom stereocenters. The van der Waals surface area contributed by atoms with Gasteiger partial charge in [0.05, 0.1) is 0 Å². The fraction of sp³-hybridized carbons (Fsp3) is 0.273. The van der Waals surface area contributed by atoms with Crippen molar-refractivity contribution in [2.75, 3.05) is 6.61 Å². The van der Waals surface area contributed by atoms with Crippen molar-refractivity contribution in [2.24, 2.45) is 5.14 Å².